The molecule has 2 aliphatic rings. The van der Waals surface area contributed by atoms with E-state index < -0.39 is 23.7 Å². The molecule has 2 N–H and O–H groups in total. The molecule has 12 nitrogen and oxygen atoms in total. The fourth-order valence-electron chi connectivity index (χ4n) is 6.50. The van der Waals surface area contributed by atoms with Gasteiger partial charge in [-0.05, 0) is 51.7 Å². The van der Waals surface area contributed by atoms with Crippen molar-refractivity contribution in [1.29, 1.82) is 0 Å². The molecule has 0 radical (unpaired) electrons. The molecule has 5 rings (SSSR count). The highest BCUT2D eigenvalue weighted by Crippen LogP contribution is 2.33. The highest BCUT2D eigenvalue weighted by molar-refractivity contribution is 7.13. The zero-order chi connectivity index (χ0) is 34.9. The molecule has 2 aliphatic heterocycles. The number of nitrogens with one attached hydrogen (secondary N) is 1. The number of carbonyl (C=O) groups excluding carboxylic acids is 3. The van der Waals surface area contributed by atoms with Crippen LogP contribution in [0, 0.1) is 12.8 Å². The maximum atomic E-state index is 14.2. The van der Waals surface area contributed by atoms with Gasteiger partial charge in [0, 0.05) is 52.3 Å². The number of piperazine rings is 1. The molecule has 3 amide bonds. The van der Waals surface area contributed by atoms with Gasteiger partial charge in [0.25, 0.3) is 0 Å². The minimum atomic E-state index is -0.796. The lowest BCUT2D eigenvalue weighted by molar-refractivity contribution is -0.140. The van der Waals surface area contributed by atoms with Gasteiger partial charge < -0.3 is 29.9 Å². The lowest BCUT2D eigenvalue weighted by atomic mass is 9.90. The number of hydrogen-bond acceptors (Lipinski definition) is 9. The van der Waals surface area contributed by atoms with Crippen LogP contribution in [-0.2, 0) is 21.4 Å². The van der Waals surface area contributed by atoms with E-state index in [0.717, 1.165) is 27.5 Å². The Morgan fingerprint density at radius 3 is 2.31 bits per heavy atom. The van der Waals surface area contributed by atoms with Crippen LogP contribution in [0.15, 0.2) is 35.8 Å². The summed E-state index contributed by atoms with van der Waals surface area (Å²) in [6, 6.07) is 8.91. The van der Waals surface area contributed by atoms with Gasteiger partial charge >= 0.3 is 6.09 Å². The molecule has 0 bridgehead atoms. The molecule has 0 saturated carbocycles. The largest absolute Gasteiger partial charge is 0.444 e. The smallest absolute Gasteiger partial charge is 0.410 e. The maximum absolute atomic E-state index is 14.2. The standard InChI is InChI=1S/C35H49N7O5S/c1-21(2)30(27-18-29(39(8)38-27)40-13-15-41(16-14-40)34(46)47-35(5,6)7)33(45)42-19-26(43)17-28(42)32(44)37-22(3)24-9-11-25(12-10-24)31-23(4)36-20-48-31/h9-12,18,20-22,26,28,30,43H,13-17,19H2,1-8H3,(H,37,44)/t22-,26+,28-,30?/m0/s1. The second-order valence-corrected chi connectivity index (χ2v) is 15.1. The number of aromatic nitrogens is 3. The first-order valence-corrected chi connectivity index (χ1v) is 17.6. The van der Waals surface area contributed by atoms with Crippen LogP contribution in [0.3, 0.4) is 0 Å². The Kier molecular flexibility index (Phi) is 10.5. The molecule has 3 aromatic rings. The molecule has 4 atom stereocenters. The predicted molar refractivity (Wildman–Crippen MR) is 186 cm³/mol. The van der Waals surface area contributed by atoms with Crippen molar-refractivity contribution in [2.24, 2.45) is 13.0 Å². The van der Waals surface area contributed by atoms with Gasteiger partial charge in [-0.2, -0.15) is 5.10 Å². The van der Waals surface area contributed by atoms with Crippen molar-refractivity contribution in [3.8, 4) is 10.4 Å². The van der Waals surface area contributed by atoms with E-state index in [4.69, 9.17) is 9.84 Å². The zero-order valence-electron chi connectivity index (χ0n) is 29.3. The Hall–Kier alpha value is -3.97. The van der Waals surface area contributed by atoms with Crippen LogP contribution < -0.4 is 10.2 Å². The summed E-state index contributed by atoms with van der Waals surface area (Å²) in [7, 11) is 1.85. The molecule has 260 valence electrons. The minimum absolute atomic E-state index is 0.0870. The van der Waals surface area contributed by atoms with Gasteiger partial charge in [0.15, 0.2) is 0 Å². The van der Waals surface area contributed by atoms with E-state index in [2.05, 4.69) is 15.2 Å². The summed E-state index contributed by atoms with van der Waals surface area (Å²) in [4.78, 5) is 51.3. The van der Waals surface area contributed by atoms with Gasteiger partial charge in [-0.25, -0.2) is 9.78 Å². The summed E-state index contributed by atoms with van der Waals surface area (Å²) in [6.45, 7) is 15.7. The molecule has 0 aliphatic carbocycles. The first-order valence-electron chi connectivity index (χ1n) is 16.7. The monoisotopic (exact) mass is 679 g/mol. The topological polar surface area (TPSA) is 133 Å². The van der Waals surface area contributed by atoms with E-state index >= 15 is 0 Å². The van der Waals surface area contributed by atoms with Crippen molar-refractivity contribution >= 4 is 35.1 Å². The van der Waals surface area contributed by atoms with Gasteiger partial charge in [-0.3, -0.25) is 14.3 Å². The number of aryl methyl sites for hydroxylation is 2. The second-order valence-electron chi connectivity index (χ2n) is 14.2. The van der Waals surface area contributed by atoms with Crippen LogP contribution in [0.4, 0.5) is 10.6 Å². The van der Waals surface area contributed by atoms with Crippen molar-refractivity contribution in [1.82, 2.24) is 29.9 Å². The Labute approximate surface area is 287 Å². The van der Waals surface area contributed by atoms with Gasteiger partial charge in [0.2, 0.25) is 11.8 Å². The fraction of sp³-hybridized carbons (Fsp3) is 0.571. The first-order chi connectivity index (χ1) is 22.6. The third-order valence-electron chi connectivity index (χ3n) is 9.02. The molecular formula is C35H49N7O5S. The van der Waals surface area contributed by atoms with Crippen LogP contribution >= 0.6 is 11.3 Å². The first kappa shape index (κ1) is 35.3. The van der Waals surface area contributed by atoms with Crippen molar-refractivity contribution in [3.63, 3.8) is 0 Å². The summed E-state index contributed by atoms with van der Waals surface area (Å²) in [5.41, 5.74) is 4.90. The number of nitrogens with zero attached hydrogens (tertiary/aromatic N) is 6. The lowest BCUT2D eigenvalue weighted by Gasteiger charge is -2.36. The minimum Gasteiger partial charge on any atom is -0.444 e. The van der Waals surface area contributed by atoms with Gasteiger partial charge in [0.1, 0.15) is 17.5 Å². The molecule has 1 aromatic carbocycles. The predicted octanol–water partition coefficient (Wildman–Crippen LogP) is 4.49. The van der Waals surface area contributed by atoms with E-state index in [-0.39, 0.29) is 42.8 Å². The van der Waals surface area contributed by atoms with Crippen LogP contribution in [0.5, 0.6) is 0 Å². The van der Waals surface area contributed by atoms with Crippen LogP contribution in [0.2, 0.25) is 0 Å². The number of hydrogen-bond donors (Lipinski definition) is 2. The quantitative estimate of drug-likeness (QED) is 0.356. The molecule has 2 fully saturated rings. The Morgan fingerprint density at radius 2 is 1.73 bits per heavy atom. The van der Waals surface area contributed by atoms with Crippen LogP contribution in [-0.4, -0.2) is 98.0 Å². The highest BCUT2D eigenvalue weighted by Gasteiger charge is 2.43. The van der Waals surface area contributed by atoms with Crippen LogP contribution in [0.25, 0.3) is 10.4 Å². The third-order valence-corrected chi connectivity index (χ3v) is 10.0. The van der Waals surface area contributed by atoms with Crippen molar-refractivity contribution < 1.29 is 24.2 Å². The van der Waals surface area contributed by atoms with E-state index in [9.17, 15) is 19.5 Å². The van der Waals surface area contributed by atoms with E-state index in [1.165, 1.54) is 4.90 Å². The Morgan fingerprint density at radius 1 is 1.06 bits per heavy atom. The molecular weight excluding hydrogens is 630 g/mol. The number of ether oxygens (including phenoxy) is 1. The second kappa shape index (κ2) is 14.3. The number of thiazole rings is 1. The fourth-order valence-corrected chi connectivity index (χ4v) is 7.32. The number of anilines is 1. The molecule has 2 aromatic heterocycles. The van der Waals surface area contributed by atoms with E-state index in [1.807, 2.05) is 91.4 Å². The SMILES string of the molecule is Cc1ncsc1-c1ccc([C@H](C)NC(=O)[C@@H]2C[C@@H](O)CN2C(=O)C(c2cc(N3CCN(C(=O)OC(C)(C)C)CC3)n(C)n2)C(C)C)cc1. The van der Waals surface area contributed by atoms with Gasteiger partial charge in [-0.15, -0.1) is 11.3 Å². The third kappa shape index (κ3) is 7.84. The Bertz CT molecular complexity index is 1600. The number of carbonyl (C=O) groups is 3. The number of rotatable bonds is 8. The molecule has 4 heterocycles. The number of amides is 3. The summed E-state index contributed by atoms with van der Waals surface area (Å²) < 4.78 is 7.31. The number of benzene rings is 1. The molecule has 0 spiro atoms. The Balaban J connectivity index is 1.26. The number of β-amino-alcohol motifs (C(OH)–C–C–N with tert-alkyl or cyclic N) is 1. The molecule has 48 heavy (non-hydrogen) atoms. The number of aliphatic hydroxyl groups excluding tert-OH is 1. The van der Waals surface area contributed by atoms with Crippen molar-refractivity contribution in [2.75, 3.05) is 37.6 Å². The summed E-state index contributed by atoms with van der Waals surface area (Å²) in [6.07, 6.45) is -0.942. The van der Waals surface area contributed by atoms with E-state index in [1.54, 1.807) is 20.9 Å². The normalized spacial score (nSPS) is 19.8. The average molecular weight is 680 g/mol. The van der Waals surface area contributed by atoms with E-state index in [0.29, 0.717) is 31.9 Å². The average Bonchev–Trinajstić information content (AvgIpc) is 3.74. The zero-order valence-corrected chi connectivity index (χ0v) is 30.1. The summed E-state index contributed by atoms with van der Waals surface area (Å²) in [5, 5.41) is 18.5. The molecule has 1 unspecified atom stereocenters. The maximum Gasteiger partial charge on any atom is 0.410 e. The summed E-state index contributed by atoms with van der Waals surface area (Å²) >= 11 is 1.59. The van der Waals surface area contributed by atoms with Crippen LogP contribution in [0.1, 0.15) is 76.9 Å². The van der Waals surface area contributed by atoms with Crippen molar-refractivity contribution in [2.45, 2.75) is 84.6 Å². The van der Waals surface area contributed by atoms with Gasteiger partial charge in [-0.1, -0.05) is 38.1 Å². The summed E-state index contributed by atoms with van der Waals surface area (Å²) in [5.74, 6) is -0.368. The lowest BCUT2D eigenvalue weighted by Crippen LogP contribution is -2.50. The van der Waals surface area contributed by atoms with Gasteiger partial charge in [0.05, 0.1) is 39.8 Å². The number of aliphatic hydroxyl groups is 1. The molecule has 2 saturated heterocycles. The molecule has 13 heteroatoms. The number of likely N-dealkylation sites (tertiary alicyclic amines) is 1. The highest BCUT2D eigenvalue weighted by atomic mass is 32.1. The van der Waals surface area contributed by atoms with Crippen molar-refractivity contribution in [3.05, 3.63) is 52.8 Å².